The summed E-state index contributed by atoms with van der Waals surface area (Å²) in [6, 6.07) is 2.38. The second-order valence-electron chi connectivity index (χ2n) is 3.51. The quantitative estimate of drug-likeness (QED) is 0.910. The van der Waals surface area contributed by atoms with Gasteiger partial charge < -0.3 is 0 Å². The molecule has 16 heavy (non-hydrogen) atoms. The molecule has 2 aromatic heterocycles. The van der Waals surface area contributed by atoms with Gasteiger partial charge in [0.2, 0.25) is 0 Å². The summed E-state index contributed by atoms with van der Waals surface area (Å²) in [4.78, 5) is 1.27. The number of nitrogens with zero attached hydrogens (tertiary/aromatic N) is 3. The lowest BCUT2D eigenvalue weighted by Crippen LogP contribution is -2.23. The first kappa shape index (κ1) is 11.7. The predicted molar refractivity (Wildman–Crippen MR) is 66.2 cm³/mol. The van der Waals surface area contributed by atoms with Gasteiger partial charge >= 0.3 is 0 Å². The maximum atomic E-state index is 3.95. The molecular formula is C9H12BrN5S. The molecular weight excluding hydrogens is 290 g/mol. The van der Waals surface area contributed by atoms with E-state index in [0.29, 0.717) is 5.82 Å². The SMILES string of the molecule is CC(NC(C)c1sccc1Br)c1nn[nH]n1. The van der Waals surface area contributed by atoms with Crippen molar-refractivity contribution in [2.75, 3.05) is 0 Å². The standard InChI is InChI=1S/C9H12BrN5S/c1-5(8-7(10)3-4-16-8)11-6(2)9-12-14-15-13-9/h3-6,11H,1-2H3,(H,12,13,14,15). The van der Waals surface area contributed by atoms with E-state index in [9.17, 15) is 0 Å². The van der Waals surface area contributed by atoms with Crippen molar-refractivity contribution in [2.24, 2.45) is 0 Å². The molecule has 0 aliphatic heterocycles. The van der Waals surface area contributed by atoms with Crippen LogP contribution >= 0.6 is 27.3 Å². The van der Waals surface area contributed by atoms with Crippen molar-refractivity contribution in [2.45, 2.75) is 25.9 Å². The van der Waals surface area contributed by atoms with Gasteiger partial charge in [-0.25, -0.2) is 0 Å². The topological polar surface area (TPSA) is 66.5 Å². The third-order valence-corrected chi connectivity index (χ3v) is 4.34. The van der Waals surface area contributed by atoms with Crippen molar-refractivity contribution in [3.05, 3.63) is 26.6 Å². The molecule has 2 rings (SSSR count). The molecule has 2 heterocycles. The Balaban J connectivity index is 2.03. The number of hydrogen-bond acceptors (Lipinski definition) is 5. The molecule has 0 saturated heterocycles. The van der Waals surface area contributed by atoms with E-state index in [2.05, 4.69) is 60.2 Å². The number of tetrazole rings is 1. The Kier molecular flexibility index (Phi) is 3.67. The zero-order valence-electron chi connectivity index (χ0n) is 8.94. The highest BCUT2D eigenvalue weighted by Gasteiger charge is 2.16. The normalized spacial score (nSPS) is 14.9. The fraction of sp³-hybridized carbons (Fsp3) is 0.444. The van der Waals surface area contributed by atoms with E-state index in [4.69, 9.17) is 0 Å². The molecule has 0 radical (unpaired) electrons. The van der Waals surface area contributed by atoms with Crippen LogP contribution in [0.5, 0.6) is 0 Å². The number of H-pyrrole nitrogens is 1. The summed E-state index contributed by atoms with van der Waals surface area (Å²) in [6.45, 7) is 4.13. The average Bonchev–Trinajstić information content (AvgIpc) is 2.86. The van der Waals surface area contributed by atoms with Crippen LogP contribution in [-0.2, 0) is 0 Å². The molecule has 86 valence electrons. The lowest BCUT2D eigenvalue weighted by molar-refractivity contribution is 0.480. The number of hydrogen-bond donors (Lipinski definition) is 2. The van der Waals surface area contributed by atoms with Crippen LogP contribution in [0.1, 0.15) is 36.6 Å². The number of aromatic amines is 1. The van der Waals surface area contributed by atoms with E-state index < -0.39 is 0 Å². The van der Waals surface area contributed by atoms with Gasteiger partial charge in [-0.3, -0.25) is 5.32 Å². The molecule has 0 fully saturated rings. The molecule has 5 nitrogen and oxygen atoms in total. The Labute approximate surface area is 106 Å². The summed E-state index contributed by atoms with van der Waals surface area (Å²) in [7, 11) is 0. The minimum atomic E-state index is 0.0720. The fourth-order valence-corrected chi connectivity index (χ4v) is 3.23. The molecule has 0 aliphatic rings. The van der Waals surface area contributed by atoms with Gasteiger partial charge in [0.1, 0.15) is 0 Å². The monoisotopic (exact) mass is 301 g/mol. The van der Waals surface area contributed by atoms with Crippen LogP contribution in [0.4, 0.5) is 0 Å². The van der Waals surface area contributed by atoms with E-state index >= 15 is 0 Å². The Morgan fingerprint density at radius 2 is 2.25 bits per heavy atom. The van der Waals surface area contributed by atoms with Gasteiger partial charge in [-0.05, 0) is 41.2 Å². The van der Waals surface area contributed by atoms with Gasteiger partial charge in [-0.15, -0.1) is 21.5 Å². The number of nitrogens with one attached hydrogen (secondary N) is 2. The van der Waals surface area contributed by atoms with Crippen LogP contribution in [-0.4, -0.2) is 20.6 Å². The van der Waals surface area contributed by atoms with Crippen molar-refractivity contribution in [1.29, 1.82) is 0 Å². The van der Waals surface area contributed by atoms with E-state index in [1.807, 2.05) is 6.92 Å². The van der Waals surface area contributed by atoms with Gasteiger partial charge in [0.15, 0.2) is 5.82 Å². The summed E-state index contributed by atoms with van der Waals surface area (Å²) in [6.07, 6.45) is 0. The third-order valence-electron chi connectivity index (χ3n) is 2.29. The number of rotatable bonds is 4. The average molecular weight is 302 g/mol. The second kappa shape index (κ2) is 5.03. The molecule has 0 bridgehead atoms. The van der Waals surface area contributed by atoms with Gasteiger partial charge in [-0.2, -0.15) is 5.21 Å². The van der Waals surface area contributed by atoms with Crippen LogP contribution < -0.4 is 5.32 Å². The zero-order chi connectivity index (χ0) is 11.5. The van der Waals surface area contributed by atoms with Crippen molar-refractivity contribution >= 4 is 27.3 Å². The van der Waals surface area contributed by atoms with Gasteiger partial charge in [0, 0.05) is 15.4 Å². The smallest absolute Gasteiger partial charge is 0.191 e. The van der Waals surface area contributed by atoms with E-state index in [1.54, 1.807) is 11.3 Å². The molecule has 2 unspecified atom stereocenters. The molecule has 2 aromatic rings. The van der Waals surface area contributed by atoms with Crippen molar-refractivity contribution < 1.29 is 0 Å². The summed E-state index contributed by atoms with van der Waals surface area (Å²) >= 11 is 5.25. The van der Waals surface area contributed by atoms with E-state index in [1.165, 1.54) is 4.88 Å². The second-order valence-corrected chi connectivity index (χ2v) is 5.31. The lowest BCUT2D eigenvalue weighted by atomic mass is 10.2. The first-order chi connectivity index (χ1) is 7.68. The number of thiophene rings is 1. The molecule has 2 atom stereocenters. The largest absolute Gasteiger partial charge is 0.300 e. The zero-order valence-corrected chi connectivity index (χ0v) is 11.3. The van der Waals surface area contributed by atoms with Crippen LogP contribution in [0.25, 0.3) is 0 Å². The Morgan fingerprint density at radius 3 is 2.81 bits per heavy atom. The molecule has 0 spiro atoms. The maximum Gasteiger partial charge on any atom is 0.191 e. The Bertz CT molecular complexity index is 440. The predicted octanol–water partition coefficient (Wildman–Crippen LogP) is 2.44. The highest BCUT2D eigenvalue weighted by molar-refractivity contribution is 9.10. The van der Waals surface area contributed by atoms with Crippen LogP contribution in [0.2, 0.25) is 0 Å². The number of halogens is 1. The molecule has 0 amide bonds. The molecule has 7 heteroatoms. The van der Waals surface area contributed by atoms with Crippen molar-refractivity contribution in [3.63, 3.8) is 0 Å². The first-order valence-electron chi connectivity index (χ1n) is 4.90. The minimum Gasteiger partial charge on any atom is -0.300 e. The maximum absolute atomic E-state index is 3.95. The summed E-state index contributed by atoms with van der Waals surface area (Å²) < 4.78 is 1.14. The fourth-order valence-electron chi connectivity index (χ4n) is 1.49. The molecule has 2 N–H and O–H groups in total. The third kappa shape index (κ3) is 2.47. The van der Waals surface area contributed by atoms with Gasteiger partial charge in [0.25, 0.3) is 0 Å². The highest BCUT2D eigenvalue weighted by Crippen LogP contribution is 2.29. The van der Waals surface area contributed by atoms with Crippen LogP contribution in [0, 0.1) is 0 Å². The molecule has 0 aliphatic carbocycles. The lowest BCUT2D eigenvalue weighted by Gasteiger charge is -2.16. The molecule has 0 aromatic carbocycles. The Morgan fingerprint density at radius 1 is 1.44 bits per heavy atom. The van der Waals surface area contributed by atoms with Crippen molar-refractivity contribution in [1.82, 2.24) is 25.9 Å². The van der Waals surface area contributed by atoms with Gasteiger partial charge in [-0.1, -0.05) is 5.21 Å². The number of aromatic nitrogens is 4. The van der Waals surface area contributed by atoms with E-state index in [-0.39, 0.29) is 12.1 Å². The van der Waals surface area contributed by atoms with Crippen LogP contribution in [0.15, 0.2) is 15.9 Å². The van der Waals surface area contributed by atoms with E-state index in [0.717, 1.165) is 4.47 Å². The van der Waals surface area contributed by atoms with Crippen molar-refractivity contribution in [3.8, 4) is 0 Å². The summed E-state index contributed by atoms with van der Waals surface area (Å²) in [5, 5.41) is 19.4. The van der Waals surface area contributed by atoms with Crippen LogP contribution in [0.3, 0.4) is 0 Å². The summed E-state index contributed by atoms with van der Waals surface area (Å²) in [5.41, 5.74) is 0. The minimum absolute atomic E-state index is 0.0720. The summed E-state index contributed by atoms with van der Waals surface area (Å²) in [5.74, 6) is 0.680. The first-order valence-corrected chi connectivity index (χ1v) is 6.58. The van der Waals surface area contributed by atoms with Gasteiger partial charge in [0.05, 0.1) is 6.04 Å². The highest BCUT2D eigenvalue weighted by atomic mass is 79.9. The molecule has 0 saturated carbocycles. The Hall–Kier alpha value is -0.790.